The van der Waals surface area contributed by atoms with Crippen LogP contribution in [-0.2, 0) is 22.3 Å². The lowest BCUT2D eigenvalue weighted by Crippen LogP contribution is -2.41. The van der Waals surface area contributed by atoms with Gasteiger partial charge in [-0.2, -0.15) is 18.3 Å². The second-order valence-electron chi connectivity index (χ2n) is 7.43. The Morgan fingerprint density at radius 2 is 1.47 bits per heavy atom. The zero-order valence-corrected chi connectivity index (χ0v) is 21.2. The van der Waals surface area contributed by atoms with Gasteiger partial charge in [-0.3, -0.25) is 4.68 Å². The van der Waals surface area contributed by atoms with Crippen molar-refractivity contribution in [3.63, 3.8) is 0 Å². The zero-order chi connectivity index (χ0) is 26.6. The van der Waals surface area contributed by atoms with Gasteiger partial charge in [-0.05, 0) is 65.9 Å². The van der Waals surface area contributed by atoms with E-state index in [2.05, 4.69) is 60.5 Å². The predicted octanol–water partition coefficient (Wildman–Crippen LogP) is 4.94. The molecular formula is C25H41F3N4O2. The number of halogens is 3. The molecule has 3 rings (SSSR count). The van der Waals surface area contributed by atoms with Gasteiger partial charge in [-0.15, -0.1) is 0 Å². The number of nitrogens with zero attached hydrogens (tertiary/aromatic N) is 3. The molecule has 0 radical (unpaired) electrons. The standard InChI is InChI=1S/C13H21F3N4.C8H10.C2H6.2CH2O/c1-19(11-3-6-17-7-4-11)8-2-9-20-10-5-12(18-20)13(14,15)16;1-7-3-5-8(2)6-4-7;3*1-2/h5,10-11,17H,2-4,6-9H2,1H3;3-6H,1-2H3;1-2H3;2*1H2. The minimum atomic E-state index is -4.35. The van der Waals surface area contributed by atoms with Gasteiger partial charge in [0.25, 0.3) is 0 Å². The first-order valence-electron chi connectivity index (χ1n) is 11.4. The first-order valence-corrected chi connectivity index (χ1v) is 11.4. The molecule has 0 atom stereocenters. The molecule has 1 aromatic heterocycles. The average Bonchev–Trinajstić information content (AvgIpc) is 3.35. The van der Waals surface area contributed by atoms with E-state index in [9.17, 15) is 13.2 Å². The third-order valence-corrected chi connectivity index (χ3v) is 4.98. The molecule has 1 aromatic carbocycles. The monoisotopic (exact) mass is 486 g/mol. The maximum absolute atomic E-state index is 12.4. The molecule has 0 aliphatic carbocycles. The Labute approximate surface area is 202 Å². The molecule has 194 valence electrons. The predicted molar refractivity (Wildman–Crippen MR) is 132 cm³/mol. The van der Waals surface area contributed by atoms with Crippen molar-refractivity contribution in [2.45, 2.75) is 65.7 Å². The normalized spacial score (nSPS) is 13.1. The number of nitrogens with one attached hydrogen (secondary N) is 1. The van der Waals surface area contributed by atoms with E-state index in [1.54, 1.807) is 0 Å². The van der Waals surface area contributed by atoms with Crippen molar-refractivity contribution in [3.8, 4) is 0 Å². The Bertz CT molecular complexity index is 708. The highest BCUT2D eigenvalue weighted by Gasteiger charge is 2.33. The summed E-state index contributed by atoms with van der Waals surface area (Å²) in [4.78, 5) is 18.3. The van der Waals surface area contributed by atoms with E-state index < -0.39 is 11.9 Å². The Kier molecular flexibility index (Phi) is 19.7. The van der Waals surface area contributed by atoms with Gasteiger partial charge in [-0.25, -0.2) is 0 Å². The molecular weight excluding hydrogens is 445 g/mol. The van der Waals surface area contributed by atoms with Crippen molar-refractivity contribution < 1.29 is 22.8 Å². The number of hydrogen-bond acceptors (Lipinski definition) is 5. The molecule has 0 spiro atoms. The van der Waals surface area contributed by atoms with Gasteiger partial charge in [0, 0.05) is 18.8 Å². The van der Waals surface area contributed by atoms with Crippen molar-refractivity contribution in [1.82, 2.24) is 20.0 Å². The summed E-state index contributed by atoms with van der Waals surface area (Å²) in [5.41, 5.74) is 1.84. The number of aryl methyl sites for hydroxylation is 3. The highest BCUT2D eigenvalue weighted by molar-refractivity contribution is 5.19. The number of hydrogen-bond donors (Lipinski definition) is 1. The molecule has 9 heteroatoms. The van der Waals surface area contributed by atoms with Gasteiger partial charge in [0.1, 0.15) is 13.6 Å². The zero-order valence-electron chi connectivity index (χ0n) is 21.2. The molecule has 1 fully saturated rings. The smallest absolute Gasteiger partial charge is 0.317 e. The Morgan fingerprint density at radius 1 is 1.00 bits per heavy atom. The van der Waals surface area contributed by atoms with Crippen LogP contribution >= 0.6 is 0 Å². The lowest BCUT2D eigenvalue weighted by molar-refractivity contribution is -0.141. The number of carbonyl (C=O) groups excluding carboxylic acids is 2. The molecule has 1 aliphatic rings. The molecule has 1 saturated heterocycles. The first kappa shape index (κ1) is 33.7. The van der Waals surface area contributed by atoms with E-state index in [0.717, 1.165) is 45.0 Å². The molecule has 34 heavy (non-hydrogen) atoms. The third-order valence-electron chi connectivity index (χ3n) is 4.98. The summed E-state index contributed by atoms with van der Waals surface area (Å²) in [6, 6.07) is 10.1. The van der Waals surface area contributed by atoms with E-state index in [0.29, 0.717) is 12.6 Å². The fourth-order valence-electron chi connectivity index (χ4n) is 3.19. The largest absolute Gasteiger partial charge is 0.435 e. The van der Waals surface area contributed by atoms with Gasteiger partial charge in [0.2, 0.25) is 0 Å². The summed E-state index contributed by atoms with van der Waals surface area (Å²) < 4.78 is 38.6. The third kappa shape index (κ3) is 14.6. The number of benzene rings is 1. The topological polar surface area (TPSA) is 67.2 Å². The van der Waals surface area contributed by atoms with E-state index in [1.807, 2.05) is 27.4 Å². The molecule has 6 nitrogen and oxygen atoms in total. The Morgan fingerprint density at radius 3 is 1.88 bits per heavy atom. The van der Waals surface area contributed by atoms with Crippen LogP contribution in [-0.4, -0.2) is 61.0 Å². The fourth-order valence-corrected chi connectivity index (χ4v) is 3.19. The van der Waals surface area contributed by atoms with Crippen LogP contribution in [0.25, 0.3) is 0 Å². The molecule has 0 amide bonds. The molecule has 0 saturated carbocycles. The van der Waals surface area contributed by atoms with Crippen LogP contribution in [0.1, 0.15) is 49.9 Å². The van der Waals surface area contributed by atoms with Crippen molar-refractivity contribution in [3.05, 3.63) is 53.3 Å². The summed E-state index contributed by atoms with van der Waals surface area (Å²) in [6.07, 6.45) is 0.122. The van der Waals surface area contributed by atoms with Crippen molar-refractivity contribution >= 4 is 13.6 Å². The molecule has 2 heterocycles. The Hall–Kier alpha value is -2.52. The van der Waals surface area contributed by atoms with E-state index >= 15 is 0 Å². The van der Waals surface area contributed by atoms with Crippen LogP contribution in [0.15, 0.2) is 36.5 Å². The highest BCUT2D eigenvalue weighted by atomic mass is 19.4. The second kappa shape index (κ2) is 19.9. The molecule has 0 bridgehead atoms. The van der Waals surface area contributed by atoms with Gasteiger partial charge in [0.05, 0.1) is 0 Å². The minimum Gasteiger partial charge on any atom is -0.317 e. The summed E-state index contributed by atoms with van der Waals surface area (Å²) in [5, 5.41) is 6.88. The van der Waals surface area contributed by atoms with Crippen molar-refractivity contribution in [2.75, 3.05) is 26.7 Å². The average molecular weight is 487 g/mol. The van der Waals surface area contributed by atoms with Crippen LogP contribution in [0.3, 0.4) is 0 Å². The Balaban J connectivity index is 0. The van der Waals surface area contributed by atoms with E-state index in [4.69, 9.17) is 9.59 Å². The number of alkyl halides is 3. The van der Waals surface area contributed by atoms with E-state index in [-0.39, 0.29) is 0 Å². The van der Waals surface area contributed by atoms with Gasteiger partial charge < -0.3 is 19.8 Å². The first-order chi connectivity index (χ1) is 16.3. The summed E-state index contributed by atoms with van der Waals surface area (Å²) in [6.45, 7) is 15.7. The van der Waals surface area contributed by atoms with Crippen molar-refractivity contribution in [2.24, 2.45) is 0 Å². The maximum atomic E-state index is 12.4. The van der Waals surface area contributed by atoms with Crippen LogP contribution < -0.4 is 5.32 Å². The number of piperidine rings is 1. The quantitative estimate of drug-likeness (QED) is 0.649. The molecule has 0 unspecified atom stereocenters. The SMILES string of the molecule is C=O.C=O.CC.CN(CCCn1ccc(C(F)(F)F)n1)C1CCNCC1.Cc1ccc(C)cc1. The van der Waals surface area contributed by atoms with Crippen LogP contribution in [0.5, 0.6) is 0 Å². The van der Waals surface area contributed by atoms with Crippen LogP contribution in [0.4, 0.5) is 13.2 Å². The molecule has 1 N–H and O–H groups in total. The summed E-state index contributed by atoms with van der Waals surface area (Å²) in [7, 11) is 2.08. The summed E-state index contributed by atoms with van der Waals surface area (Å²) in [5.74, 6) is 0. The lowest BCUT2D eigenvalue weighted by Gasteiger charge is -2.31. The molecule has 1 aliphatic heterocycles. The lowest BCUT2D eigenvalue weighted by atomic mass is 10.1. The van der Waals surface area contributed by atoms with Crippen molar-refractivity contribution in [1.29, 1.82) is 0 Å². The number of aromatic nitrogens is 2. The van der Waals surface area contributed by atoms with Gasteiger partial charge >= 0.3 is 6.18 Å². The van der Waals surface area contributed by atoms with Crippen LogP contribution in [0, 0.1) is 13.8 Å². The van der Waals surface area contributed by atoms with Gasteiger partial charge in [-0.1, -0.05) is 49.2 Å². The number of carbonyl (C=O) groups is 2. The maximum Gasteiger partial charge on any atom is 0.435 e. The second-order valence-corrected chi connectivity index (χ2v) is 7.43. The fraction of sp³-hybridized carbons (Fsp3) is 0.560. The molecule has 2 aromatic rings. The van der Waals surface area contributed by atoms with Crippen LogP contribution in [0.2, 0.25) is 0 Å². The number of rotatable bonds is 5. The minimum absolute atomic E-state index is 0.519. The highest BCUT2D eigenvalue weighted by Crippen LogP contribution is 2.27. The summed E-state index contributed by atoms with van der Waals surface area (Å²) >= 11 is 0. The van der Waals surface area contributed by atoms with Gasteiger partial charge in [0.15, 0.2) is 5.69 Å². The van der Waals surface area contributed by atoms with E-state index in [1.165, 1.54) is 22.0 Å².